The van der Waals surface area contributed by atoms with Crippen LogP contribution in [-0.4, -0.2) is 16.6 Å². The summed E-state index contributed by atoms with van der Waals surface area (Å²) in [6, 6.07) is 1.14. The fourth-order valence-electron chi connectivity index (χ4n) is 0.935. The Hall–Kier alpha value is -0.690. The molecule has 0 aliphatic heterocycles. The Labute approximate surface area is 91.1 Å². The molecule has 3 N–H and O–H groups in total. The largest absolute Gasteiger partial charge is 0.396 e. The van der Waals surface area contributed by atoms with Crippen LogP contribution in [0, 0.1) is 10.1 Å². The van der Waals surface area contributed by atoms with E-state index in [9.17, 15) is 10.1 Å². The van der Waals surface area contributed by atoms with E-state index in [1.165, 1.54) is 6.07 Å². The lowest BCUT2D eigenvalue weighted by Crippen LogP contribution is -2.10. The minimum Gasteiger partial charge on any atom is -0.396 e. The summed E-state index contributed by atoms with van der Waals surface area (Å²) in [5.74, 6) is 0. The predicted octanol–water partition coefficient (Wildman–Crippen LogP) is 1.46. The van der Waals surface area contributed by atoms with Gasteiger partial charge in [0, 0.05) is 24.1 Å². The second-order valence-corrected chi connectivity index (χ2v) is 3.48. The molecule has 0 unspecified atom stereocenters. The van der Waals surface area contributed by atoms with Crippen molar-refractivity contribution in [2.24, 2.45) is 5.73 Å². The van der Waals surface area contributed by atoms with E-state index < -0.39 is 4.92 Å². The van der Waals surface area contributed by atoms with Crippen molar-refractivity contribution in [2.45, 2.75) is 12.5 Å². The second-order valence-electron chi connectivity index (χ2n) is 2.59. The minimum absolute atomic E-state index is 0. The number of aliphatic hydroxyl groups excluding tert-OH is 1. The summed E-state index contributed by atoms with van der Waals surface area (Å²) in [5.41, 5.74) is 6.36. The number of halogens is 1. The van der Waals surface area contributed by atoms with Gasteiger partial charge in [-0.2, -0.15) is 0 Å². The number of rotatable bonds is 4. The average molecular weight is 239 g/mol. The molecular weight excluding hydrogens is 228 g/mol. The van der Waals surface area contributed by atoms with Crippen molar-refractivity contribution < 1.29 is 10.0 Å². The molecule has 1 atom stereocenters. The first kappa shape index (κ1) is 13.3. The Kier molecular flexibility index (Phi) is 5.63. The number of hydrogen-bond donors (Lipinski definition) is 2. The lowest BCUT2D eigenvalue weighted by atomic mass is 10.1. The van der Waals surface area contributed by atoms with E-state index in [2.05, 4.69) is 0 Å². The summed E-state index contributed by atoms with van der Waals surface area (Å²) in [6.07, 6.45) is 0.424. The summed E-state index contributed by atoms with van der Waals surface area (Å²) < 4.78 is 0. The Balaban J connectivity index is 0.00000169. The van der Waals surface area contributed by atoms with E-state index in [-0.39, 0.29) is 30.1 Å². The highest BCUT2D eigenvalue weighted by atomic mass is 35.5. The predicted molar refractivity (Wildman–Crippen MR) is 56.9 cm³/mol. The van der Waals surface area contributed by atoms with Crippen LogP contribution in [0.4, 0.5) is 5.00 Å². The lowest BCUT2D eigenvalue weighted by Gasteiger charge is -2.05. The van der Waals surface area contributed by atoms with Gasteiger partial charge in [0.2, 0.25) is 0 Å². The van der Waals surface area contributed by atoms with Gasteiger partial charge in [0.25, 0.3) is 0 Å². The van der Waals surface area contributed by atoms with Crippen molar-refractivity contribution in [1.82, 2.24) is 0 Å². The summed E-state index contributed by atoms with van der Waals surface area (Å²) >= 11 is 1.05. The maximum absolute atomic E-state index is 10.3. The Morgan fingerprint density at radius 3 is 2.79 bits per heavy atom. The minimum atomic E-state index is -0.445. The Bertz CT molecular complexity index is 305. The van der Waals surface area contributed by atoms with Gasteiger partial charge in [-0.05, 0) is 12.0 Å². The van der Waals surface area contributed by atoms with Gasteiger partial charge in [0.05, 0.1) is 4.92 Å². The van der Waals surface area contributed by atoms with Crippen LogP contribution in [0.1, 0.15) is 18.0 Å². The number of nitrogens with zero attached hydrogens (tertiary/aromatic N) is 1. The first-order chi connectivity index (χ1) is 6.15. The van der Waals surface area contributed by atoms with Gasteiger partial charge >= 0.3 is 5.00 Å². The molecule has 80 valence electrons. The molecule has 1 aromatic heterocycles. The zero-order chi connectivity index (χ0) is 9.84. The molecule has 5 nitrogen and oxygen atoms in total. The highest BCUT2D eigenvalue weighted by Gasteiger charge is 2.13. The van der Waals surface area contributed by atoms with Gasteiger partial charge in [0.15, 0.2) is 0 Å². The normalized spacial score (nSPS) is 11.9. The molecule has 0 bridgehead atoms. The number of nitro groups is 1. The fourth-order valence-corrected chi connectivity index (χ4v) is 1.72. The van der Waals surface area contributed by atoms with Gasteiger partial charge in [-0.3, -0.25) is 10.1 Å². The van der Waals surface area contributed by atoms with E-state index in [4.69, 9.17) is 10.8 Å². The van der Waals surface area contributed by atoms with Crippen LogP contribution >= 0.6 is 23.7 Å². The average Bonchev–Trinajstić information content (AvgIpc) is 2.52. The van der Waals surface area contributed by atoms with Gasteiger partial charge in [-0.1, -0.05) is 11.3 Å². The number of nitrogens with two attached hydrogens (primary N) is 1. The van der Waals surface area contributed by atoms with Crippen molar-refractivity contribution in [1.29, 1.82) is 0 Å². The van der Waals surface area contributed by atoms with E-state index in [0.717, 1.165) is 11.3 Å². The van der Waals surface area contributed by atoms with Crippen molar-refractivity contribution in [3.05, 3.63) is 27.1 Å². The molecule has 14 heavy (non-hydrogen) atoms. The molecule has 0 saturated carbocycles. The number of thiophene rings is 1. The summed E-state index contributed by atoms with van der Waals surface area (Å²) in [4.78, 5) is 9.88. The molecule has 0 aliphatic carbocycles. The first-order valence-corrected chi connectivity index (χ1v) is 4.62. The monoisotopic (exact) mass is 238 g/mol. The zero-order valence-corrected chi connectivity index (χ0v) is 8.88. The van der Waals surface area contributed by atoms with Crippen LogP contribution in [0.5, 0.6) is 0 Å². The van der Waals surface area contributed by atoms with Crippen LogP contribution in [0.25, 0.3) is 0 Å². The molecule has 0 amide bonds. The zero-order valence-electron chi connectivity index (χ0n) is 7.25. The van der Waals surface area contributed by atoms with Crippen molar-refractivity contribution in [2.75, 3.05) is 6.61 Å². The Morgan fingerprint density at radius 2 is 2.36 bits per heavy atom. The van der Waals surface area contributed by atoms with E-state index in [0.29, 0.717) is 12.0 Å². The van der Waals surface area contributed by atoms with Crippen LogP contribution in [0.15, 0.2) is 11.4 Å². The van der Waals surface area contributed by atoms with E-state index in [1.54, 1.807) is 5.38 Å². The number of aliphatic hydroxyl groups is 1. The summed E-state index contributed by atoms with van der Waals surface area (Å²) in [6.45, 7) is -0.00912. The second kappa shape index (κ2) is 5.92. The maximum Gasteiger partial charge on any atom is 0.324 e. The molecule has 0 spiro atoms. The molecule has 1 rings (SSSR count). The van der Waals surface area contributed by atoms with Crippen molar-refractivity contribution in [3.63, 3.8) is 0 Å². The number of hydrogen-bond acceptors (Lipinski definition) is 5. The SMILES string of the molecule is Cl.N[C@@H](CCO)c1csc([N+](=O)[O-])c1. The quantitative estimate of drug-likeness (QED) is 0.614. The molecule has 0 aliphatic rings. The molecule has 1 aromatic rings. The van der Waals surface area contributed by atoms with Crippen molar-refractivity contribution >= 4 is 28.7 Å². The van der Waals surface area contributed by atoms with Crippen LogP contribution in [0.2, 0.25) is 0 Å². The van der Waals surface area contributed by atoms with Crippen LogP contribution in [0.3, 0.4) is 0 Å². The molecule has 0 fully saturated rings. The molecular formula is C7H11ClN2O3S. The topological polar surface area (TPSA) is 89.4 Å². The van der Waals surface area contributed by atoms with Gasteiger partial charge in [-0.25, -0.2) is 0 Å². The van der Waals surface area contributed by atoms with Crippen LogP contribution < -0.4 is 5.73 Å². The highest BCUT2D eigenvalue weighted by molar-refractivity contribution is 7.13. The van der Waals surface area contributed by atoms with E-state index >= 15 is 0 Å². The third-order valence-corrected chi connectivity index (χ3v) is 2.55. The van der Waals surface area contributed by atoms with Crippen molar-refractivity contribution in [3.8, 4) is 0 Å². The molecule has 0 aromatic carbocycles. The fraction of sp³-hybridized carbons (Fsp3) is 0.429. The van der Waals surface area contributed by atoms with Gasteiger partial charge < -0.3 is 10.8 Å². The standard InChI is InChI=1S/C7H10N2O3S.ClH/c8-6(1-2-10)5-3-7(9(11)12)13-4-5;/h3-4,6,10H,1-2,8H2;1H/t6-;/m0./s1. The molecule has 7 heteroatoms. The smallest absolute Gasteiger partial charge is 0.324 e. The van der Waals surface area contributed by atoms with Gasteiger partial charge in [-0.15, -0.1) is 12.4 Å². The third-order valence-electron chi connectivity index (χ3n) is 1.65. The Morgan fingerprint density at radius 1 is 1.71 bits per heavy atom. The maximum atomic E-state index is 10.3. The first-order valence-electron chi connectivity index (χ1n) is 3.74. The molecule has 0 radical (unpaired) electrons. The summed E-state index contributed by atoms with van der Waals surface area (Å²) in [7, 11) is 0. The van der Waals surface area contributed by atoms with E-state index in [1.807, 2.05) is 0 Å². The lowest BCUT2D eigenvalue weighted by molar-refractivity contribution is -0.380. The van der Waals surface area contributed by atoms with Gasteiger partial charge in [0.1, 0.15) is 0 Å². The van der Waals surface area contributed by atoms with Crippen LogP contribution in [-0.2, 0) is 0 Å². The molecule has 1 heterocycles. The molecule has 0 saturated heterocycles. The summed E-state index contributed by atoms with van der Waals surface area (Å²) in [5, 5.41) is 20.7. The highest BCUT2D eigenvalue weighted by Crippen LogP contribution is 2.26. The third kappa shape index (κ3) is 3.22.